The summed E-state index contributed by atoms with van der Waals surface area (Å²) in [5.74, 6) is 0.452. The van der Waals surface area contributed by atoms with Crippen molar-refractivity contribution in [3.63, 3.8) is 0 Å². The quantitative estimate of drug-likeness (QED) is 0.348. The summed E-state index contributed by atoms with van der Waals surface area (Å²) < 4.78 is 21.4. The van der Waals surface area contributed by atoms with Crippen LogP contribution in [0.1, 0.15) is 18.6 Å². The fraction of sp³-hybridized carbons (Fsp3) is 0.115. The molecule has 0 radical (unpaired) electrons. The summed E-state index contributed by atoms with van der Waals surface area (Å²) >= 11 is 0. The lowest BCUT2D eigenvalue weighted by Gasteiger charge is -2.23. The number of halogens is 2. The SMILES string of the molecule is C[C@H](N)[C@H](Oc1ccc2c(cnn2-c2ccc(F)cc2)c1)c1ccc2ccccc2c1.Cl. The average Bonchev–Trinajstić information content (AvgIpc) is 3.21. The number of hydrogen-bond donors (Lipinski definition) is 1. The van der Waals surface area contributed by atoms with Crippen molar-refractivity contribution in [2.75, 3.05) is 0 Å². The Bertz CT molecular complexity index is 1360. The van der Waals surface area contributed by atoms with Crippen LogP contribution in [0.15, 0.2) is 91.1 Å². The second-order valence-corrected chi connectivity index (χ2v) is 7.76. The molecule has 0 spiro atoms. The highest BCUT2D eigenvalue weighted by Gasteiger charge is 2.19. The second kappa shape index (κ2) is 8.99. The number of ether oxygens (including phenoxy) is 1. The molecule has 0 aliphatic rings. The average molecular weight is 448 g/mol. The fourth-order valence-electron chi connectivity index (χ4n) is 3.88. The van der Waals surface area contributed by atoms with Crippen molar-refractivity contribution in [1.82, 2.24) is 9.78 Å². The number of aromatic nitrogens is 2. The molecular weight excluding hydrogens is 425 g/mol. The number of hydrogen-bond acceptors (Lipinski definition) is 3. The van der Waals surface area contributed by atoms with Gasteiger partial charge in [0, 0.05) is 11.4 Å². The first kappa shape index (κ1) is 21.8. The van der Waals surface area contributed by atoms with Gasteiger partial charge in [-0.15, -0.1) is 12.4 Å². The van der Waals surface area contributed by atoms with Gasteiger partial charge in [-0.25, -0.2) is 9.07 Å². The Balaban J connectivity index is 0.00000245. The molecule has 32 heavy (non-hydrogen) atoms. The van der Waals surface area contributed by atoms with E-state index in [0.29, 0.717) is 0 Å². The van der Waals surface area contributed by atoms with E-state index in [1.165, 1.54) is 17.5 Å². The maximum atomic E-state index is 13.3. The molecule has 4 nitrogen and oxygen atoms in total. The van der Waals surface area contributed by atoms with E-state index in [9.17, 15) is 4.39 Å². The van der Waals surface area contributed by atoms with Crippen LogP contribution in [0.25, 0.3) is 27.4 Å². The van der Waals surface area contributed by atoms with Gasteiger partial charge in [-0.3, -0.25) is 0 Å². The van der Waals surface area contributed by atoms with Crippen molar-refractivity contribution in [3.05, 3.63) is 103 Å². The van der Waals surface area contributed by atoms with Crippen LogP contribution in [0.2, 0.25) is 0 Å². The lowest BCUT2D eigenvalue weighted by molar-refractivity contribution is 0.181. The van der Waals surface area contributed by atoms with Crippen molar-refractivity contribution >= 4 is 34.1 Å². The highest BCUT2D eigenvalue weighted by Crippen LogP contribution is 2.30. The van der Waals surface area contributed by atoms with Gasteiger partial charge < -0.3 is 10.5 Å². The topological polar surface area (TPSA) is 53.1 Å². The van der Waals surface area contributed by atoms with Gasteiger partial charge in [0.05, 0.1) is 17.4 Å². The van der Waals surface area contributed by atoms with E-state index in [2.05, 4.69) is 35.4 Å². The van der Waals surface area contributed by atoms with Crippen LogP contribution in [-0.4, -0.2) is 15.8 Å². The first-order chi connectivity index (χ1) is 15.1. The Morgan fingerprint density at radius 2 is 1.62 bits per heavy atom. The van der Waals surface area contributed by atoms with Crippen molar-refractivity contribution in [1.29, 1.82) is 0 Å². The smallest absolute Gasteiger partial charge is 0.138 e. The van der Waals surface area contributed by atoms with E-state index >= 15 is 0 Å². The molecule has 0 saturated carbocycles. The standard InChI is InChI=1S/C26H22FN3O.ClH/c1-17(28)26(20-7-6-18-4-2-3-5-19(18)14-20)31-24-12-13-25-21(15-24)16-29-30(25)23-10-8-22(27)9-11-23;/h2-17,26H,28H2,1H3;1H/t17-,26-;/m0./s1. The molecule has 5 rings (SSSR count). The molecule has 0 saturated heterocycles. The van der Waals surface area contributed by atoms with Crippen LogP contribution in [0.3, 0.4) is 0 Å². The van der Waals surface area contributed by atoms with E-state index in [4.69, 9.17) is 10.5 Å². The highest BCUT2D eigenvalue weighted by molar-refractivity contribution is 5.85. The normalized spacial score (nSPS) is 13.0. The predicted molar refractivity (Wildman–Crippen MR) is 129 cm³/mol. The predicted octanol–water partition coefficient (Wildman–Crippen LogP) is 6.21. The number of benzene rings is 4. The monoisotopic (exact) mass is 447 g/mol. The number of fused-ring (bicyclic) bond motifs is 2. The largest absolute Gasteiger partial charge is 0.484 e. The number of nitrogens with zero attached hydrogens (tertiary/aromatic N) is 2. The van der Waals surface area contributed by atoms with Crippen LogP contribution < -0.4 is 10.5 Å². The lowest BCUT2D eigenvalue weighted by atomic mass is 10.00. The van der Waals surface area contributed by atoms with Gasteiger partial charge in [0.2, 0.25) is 0 Å². The molecule has 2 atom stereocenters. The van der Waals surface area contributed by atoms with Crippen molar-refractivity contribution < 1.29 is 9.13 Å². The molecule has 0 aliphatic heterocycles. The third kappa shape index (κ3) is 4.17. The summed E-state index contributed by atoms with van der Waals surface area (Å²) in [5, 5.41) is 7.73. The van der Waals surface area contributed by atoms with Gasteiger partial charge in [0.15, 0.2) is 0 Å². The van der Waals surface area contributed by atoms with Crippen LogP contribution in [0, 0.1) is 5.82 Å². The summed E-state index contributed by atoms with van der Waals surface area (Å²) in [6.07, 6.45) is 1.50. The summed E-state index contributed by atoms with van der Waals surface area (Å²) in [6.45, 7) is 1.95. The Kier molecular flexibility index (Phi) is 6.12. The lowest BCUT2D eigenvalue weighted by Crippen LogP contribution is -2.29. The summed E-state index contributed by atoms with van der Waals surface area (Å²) in [4.78, 5) is 0. The first-order valence-corrected chi connectivity index (χ1v) is 10.2. The van der Waals surface area contributed by atoms with Gasteiger partial charge >= 0.3 is 0 Å². The molecule has 4 aromatic carbocycles. The van der Waals surface area contributed by atoms with Gasteiger partial charge in [0.1, 0.15) is 17.7 Å². The van der Waals surface area contributed by atoms with Crippen LogP contribution in [0.4, 0.5) is 4.39 Å². The number of nitrogens with two attached hydrogens (primary N) is 1. The Morgan fingerprint density at radius 3 is 2.38 bits per heavy atom. The summed E-state index contributed by atoms with van der Waals surface area (Å²) in [6, 6.07) is 26.4. The zero-order valence-electron chi connectivity index (χ0n) is 17.5. The zero-order valence-corrected chi connectivity index (χ0v) is 18.3. The maximum Gasteiger partial charge on any atom is 0.138 e. The van der Waals surface area contributed by atoms with Crippen LogP contribution >= 0.6 is 12.4 Å². The Morgan fingerprint density at radius 1 is 0.875 bits per heavy atom. The molecule has 0 aliphatic carbocycles. The molecule has 0 amide bonds. The molecule has 6 heteroatoms. The molecule has 2 N–H and O–H groups in total. The van der Waals surface area contributed by atoms with Gasteiger partial charge in [0.25, 0.3) is 0 Å². The molecule has 1 aromatic heterocycles. The molecular formula is C26H23ClFN3O. The van der Waals surface area contributed by atoms with E-state index in [-0.39, 0.29) is 30.4 Å². The second-order valence-electron chi connectivity index (χ2n) is 7.76. The molecule has 162 valence electrons. The molecule has 1 heterocycles. The summed E-state index contributed by atoms with van der Waals surface area (Å²) in [5.41, 5.74) is 9.05. The third-order valence-corrected chi connectivity index (χ3v) is 5.45. The minimum absolute atomic E-state index is 0. The number of rotatable bonds is 5. The third-order valence-electron chi connectivity index (χ3n) is 5.45. The Hall–Kier alpha value is -3.41. The zero-order chi connectivity index (χ0) is 21.4. The highest BCUT2D eigenvalue weighted by atomic mass is 35.5. The van der Waals surface area contributed by atoms with E-state index in [0.717, 1.165) is 33.3 Å². The summed E-state index contributed by atoms with van der Waals surface area (Å²) in [7, 11) is 0. The van der Waals surface area contributed by atoms with Crippen LogP contribution in [0.5, 0.6) is 5.75 Å². The van der Waals surface area contributed by atoms with Gasteiger partial charge in [-0.05, 0) is 71.8 Å². The fourth-order valence-corrected chi connectivity index (χ4v) is 3.88. The maximum absolute atomic E-state index is 13.3. The van der Waals surface area contributed by atoms with E-state index < -0.39 is 0 Å². The molecule has 0 fully saturated rings. The first-order valence-electron chi connectivity index (χ1n) is 10.2. The minimum Gasteiger partial charge on any atom is -0.484 e. The van der Waals surface area contributed by atoms with Crippen LogP contribution in [-0.2, 0) is 0 Å². The van der Waals surface area contributed by atoms with E-state index in [1.807, 2.05) is 37.3 Å². The molecule has 0 unspecified atom stereocenters. The van der Waals surface area contributed by atoms with E-state index in [1.54, 1.807) is 23.0 Å². The molecule has 5 aromatic rings. The van der Waals surface area contributed by atoms with Gasteiger partial charge in [-0.2, -0.15) is 5.10 Å². The van der Waals surface area contributed by atoms with Gasteiger partial charge in [-0.1, -0.05) is 36.4 Å². The minimum atomic E-state index is -0.283. The van der Waals surface area contributed by atoms with Crippen molar-refractivity contribution in [2.45, 2.75) is 19.1 Å². The molecule has 0 bridgehead atoms. The van der Waals surface area contributed by atoms with Crippen molar-refractivity contribution in [2.24, 2.45) is 5.73 Å². The van der Waals surface area contributed by atoms with Crippen molar-refractivity contribution in [3.8, 4) is 11.4 Å². The Labute approximate surface area is 191 Å².